The summed E-state index contributed by atoms with van der Waals surface area (Å²) < 4.78 is 44.9. The molecule has 168 valence electrons. The van der Waals surface area contributed by atoms with Gasteiger partial charge in [-0.1, -0.05) is 26.0 Å². The summed E-state index contributed by atoms with van der Waals surface area (Å²) >= 11 is 0. The van der Waals surface area contributed by atoms with Crippen molar-refractivity contribution in [2.45, 2.75) is 33.4 Å². The lowest BCUT2D eigenvalue weighted by atomic mass is 10.1. The highest BCUT2D eigenvalue weighted by atomic mass is 19.4. The molecule has 2 aromatic carbocycles. The van der Waals surface area contributed by atoms with Gasteiger partial charge in [0.15, 0.2) is 0 Å². The maximum absolute atomic E-state index is 13.1. The standard InChI is InChI=1S/C23H27F3N2O3/c1-4-28(15-21(29)27-20-8-6-5-7-19(20)23(24,25)26)22(30)17-9-11-18(12-10-17)31-14-13-16(2)3/h5-12,16H,4,13-15H2,1-3H3,(H,27,29). The largest absolute Gasteiger partial charge is 0.494 e. The van der Waals surface area contributed by atoms with Gasteiger partial charge in [-0.15, -0.1) is 0 Å². The molecule has 0 saturated heterocycles. The van der Waals surface area contributed by atoms with Gasteiger partial charge in [-0.2, -0.15) is 13.2 Å². The summed E-state index contributed by atoms with van der Waals surface area (Å²) in [6.07, 6.45) is -3.68. The van der Waals surface area contributed by atoms with Gasteiger partial charge in [0.05, 0.1) is 17.9 Å². The first-order valence-corrected chi connectivity index (χ1v) is 10.1. The van der Waals surface area contributed by atoms with E-state index in [1.54, 1.807) is 31.2 Å². The minimum atomic E-state index is -4.59. The number of halogens is 3. The molecule has 1 N–H and O–H groups in total. The van der Waals surface area contributed by atoms with E-state index in [1.807, 2.05) is 0 Å². The Morgan fingerprint density at radius 2 is 1.71 bits per heavy atom. The fraction of sp³-hybridized carbons (Fsp3) is 0.391. The van der Waals surface area contributed by atoms with Crippen LogP contribution in [0.1, 0.15) is 43.1 Å². The van der Waals surface area contributed by atoms with Crippen molar-refractivity contribution in [1.82, 2.24) is 4.90 Å². The fourth-order valence-corrected chi connectivity index (χ4v) is 2.82. The van der Waals surface area contributed by atoms with Gasteiger partial charge in [-0.05, 0) is 55.7 Å². The molecule has 2 rings (SSSR count). The van der Waals surface area contributed by atoms with Crippen molar-refractivity contribution in [2.24, 2.45) is 5.92 Å². The van der Waals surface area contributed by atoms with E-state index in [-0.39, 0.29) is 18.8 Å². The third-order valence-electron chi connectivity index (χ3n) is 4.58. The van der Waals surface area contributed by atoms with Crippen molar-refractivity contribution in [3.63, 3.8) is 0 Å². The predicted molar refractivity (Wildman–Crippen MR) is 113 cm³/mol. The summed E-state index contributed by atoms with van der Waals surface area (Å²) in [7, 11) is 0. The van der Waals surface area contributed by atoms with Gasteiger partial charge in [0.1, 0.15) is 12.3 Å². The third-order valence-corrected chi connectivity index (χ3v) is 4.58. The number of nitrogens with zero attached hydrogens (tertiary/aromatic N) is 1. The highest BCUT2D eigenvalue weighted by Gasteiger charge is 2.33. The van der Waals surface area contributed by atoms with Crippen LogP contribution in [0.25, 0.3) is 0 Å². The highest BCUT2D eigenvalue weighted by molar-refractivity contribution is 5.99. The van der Waals surface area contributed by atoms with Crippen molar-refractivity contribution in [2.75, 3.05) is 25.0 Å². The summed E-state index contributed by atoms with van der Waals surface area (Å²) in [5, 5.41) is 2.26. The van der Waals surface area contributed by atoms with E-state index < -0.39 is 23.6 Å². The van der Waals surface area contributed by atoms with Crippen molar-refractivity contribution in [1.29, 1.82) is 0 Å². The van der Waals surface area contributed by atoms with E-state index in [1.165, 1.54) is 23.1 Å². The van der Waals surface area contributed by atoms with E-state index in [4.69, 9.17) is 4.74 Å². The second-order valence-electron chi connectivity index (χ2n) is 7.47. The second-order valence-corrected chi connectivity index (χ2v) is 7.47. The molecule has 0 aliphatic heterocycles. The molecule has 0 unspecified atom stereocenters. The lowest BCUT2D eigenvalue weighted by Gasteiger charge is -2.21. The molecule has 0 heterocycles. The SMILES string of the molecule is CCN(CC(=O)Nc1ccccc1C(F)(F)F)C(=O)c1ccc(OCCC(C)C)cc1. The number of amides is 2. The summed E-state index contributed by atoms with van der Waals surface area (Å²) in [5.41, 5.74) is -0.918. The number of benzene rings is 2. The van der Waals surface area contributed by atoms with Crippen LogP contribution >= 0.6 is 0 Å². The van der Waals surface area contributed by atoms with Gasteiger partial charge in [0, 0.05) is 12.1 Å². The fourth-order valence-electron chi connectivity index (χ4n) is 2.82. The maximum atomic E-state index is 13.1. The Bertz CT molecular complexity index is 880. The third kappa shape index (κ3) is 7.31. The molecule has 5 nitrogen and oxygen atoms in total. The molecule has 0 fully saturated rings. The number of carbonyl (C=O) groups is 2. The number of likely N-dealkylation sites (N-methyl/N-ethyl adjacent to an activating group) is 1. The Hall–Kier alpha value is -3.03. The molecule has 2 amide bonds. The Labute approximate surface area is 180 Å². The molecule has 8 heteroatoms. The normalized spacial score (nSPS) is 11.3. The van der Waals surface area contributed by atoms with E-state index in [9.17, 15) is 22.8 Å². The quantitative estimate of drug-likeness (QED) is 0.586. The molecule has 0 aliphatic rings. The Morgan fingerprint density at radius 1 is 1.06 bits per heavy atom. The predicted octanol–water partition coefficient (Wildman–Crippen LogP) is 5.23. The number of hydrogen-bond donors (Lipinski definition) is 1. The van der Waals surface area contributed by atoms with Crippen LogP contribution in [0.5, 0.6) is 5.75 Å². The number of ether oxygens (including phenoxy) is 1. The molecule has 0 aromatic heterocycles. The van der Waals surface area contributed by atoms with Crippen LogP contribution in [0.15, 0.2) is 48.5 Å². The lowest BCUT2D eigenvalue weighted by Crippen LogP contribution is -2.38. The van der Waals surface area contributed by atoms with Crippen LogP contribution in [0.3, 0.4) is 0 Å². The van der Waals surface area contributed by atoms with E-state index >= 15 is 0 Å². The van der Waals surface area contributed by atoms with Gasteiger partial charge in [0.25, 0.3) is 5.91 Å². The molecule has 2 aromatic rings. The van der Waals surface area contributed by atoms with E-state index in [0.29, 0.717) is 23.8 Å². The number of alkyl halides is 3. The number of para-hydroxylation sites is 1. The molecule has 0 atom stereocenters. The molecule has 31 heavy (non-hydrogen) atoms. The Balaban J connectivity index is 2.01. The van der Waals surface area contributed by atoms with Crippen molar-refractivity contribution < 1.29 is 27.5 Å². The zero-order chi connectivity index (χ0) is 23.0. The van der Waals surface area contributed by atoms with Gasteiger partial charge in [-0.25, -0.2) is 0 Å². The lowest BCUT2D eigenvalue weighted by molar-refractivity contribution is -0.137. The first-order chi connectivity index (χ1) is 14.6. The first kappa shape index (κ1) is 24.2. The topological polar surface area (TPSA) is 58.6 Å². The van der Waals surface area contributed by atoms with Crippen molar-refractivity contribution >= 4 is 17.5 Å². The molecule has 0 aliphatic carbocycles. The molecular weight excluding hydrogens is 409 g/mol. The smallest absolute Gasteiger partial charge is 0.418 e. The maximum Gasteiger partial charge on any atom is 0.418 e. The number of carbonyl (C=O) groups excluding carboxylic acids is 2. The number of hydrogen-bond acceptors (Lipinski definition) is 3. The Morgan fingerprint density at radius 3 is 2.29 bits per heavy atom. The molecule has 0 radical (unpaired) electrons. The molecule has 0 spiro atoms. The average Bonchev–Trinajstić information content (AvgIpc) is 2.71. The summed E-state index contributed by atoms with van der Waals surface area (Å²) in [6, 6.07) is 11.3. The Kier molecular flexibility index (Phi) is 8.47. The van der Waals surface area contributed by atoms with Crippen LogP contribution in [0, 0.1) is 5.92 Å². The number of rotatable bonds is 9. The van der Waals surface area contributed by atoms with Crippen molar-refractivity contribution in [3.8, 4) is 5.75 Å². The van der Waals surface area contributed by atoms with Crippen LogP contribution < -0.4 is 10.1 Å². The monoisotopic (exact) mass is 436 g/mol. The van der Waals surface area contributed by atoms with Crippen LogP contribution in [0.2, 0.25) is 0 Å². The van der Waals surface area contributed by atoms with Crippen LogP contribution in [-0.2, 0) is 11.0 Å². The summed E-state index contributed by atoms with van der Waals surface area (Å²) in [6.45, 7) is 6.32. The van der Waals surface area contributed by atoms with Crippen LogP contribution in [0.4, 0.5) is 18.9 Å². The van der Waals surface area contributed by atoms with E-state index in [0.717, 1.165) is 12.5 Å². The summed E-state index contributed by atoms with van der Waals surface area (Å²) in [4.78, 5) is 26.3. The van der Waals surface area contributed by atoms with Gasteiger partial charge in [0.2, 0.25) is 5.91 Å². The van der Waals surface area contributed by atoms with Gasteiger partial charge >= 0.3 is 6.18 Å². The highest BCUT2D eigenvalue weighted by Crippen LogP contribution is 2.34. The first-order valence-electron chi connectivity index (χ1n) is 10.1. The zero-order valence-electron chi connectivity index (χ0n) is 17.8. The van der Waals surface area contributed by atoms with Crippen molar-refractivity contribution in [3.05, 3.63) is 59.7 Å². The van der Waals surface area contributed by atoms with Gasteiger partial charge < -0.3 is 15.0 Å². The second kappa shape index (κ2) is 10.8. The molecule has 0 saturated carbocycles. The summed E-state index contributed by atoms with van der Waals surface area (Å²) in [5.74, 6) is 0.0611. The minimum Gasteiger partial charge on any atom is -0.494 e. The zero-order valence-corrected chi connectivity index (χ0v) is 17.8. The molecular formula is C23H27F3N2O3. The van der Waals surface area contributed by atoms with Gasteiger partial charge in [-0.3, -0.25) is 9.59 Å². The van der Waals surface area contributed by atoms with E-state index in [2.05, 4.69) is 19.2 Å². The van der Waals surface area contributed by atoms with Crippen LogP contribution in [-0.4, -0.2) is 36.4 Å². The number of nitrogens with one attached hydrogen (secondary N) is 1. The minimum absolute atomic E-state index is 0.222. The molecule has 0 bridgehead atoms. The number of anilines is 1. The average molecular weight is 436 g/mol.